The van der Waals surface area contributed by atoms with Gasteiger partial charge in [0.2, 0.25) is 11.4 Å². The molecule has 0 fully saturated rings. The fourth-order valence-corrected chi connectivity index (χ4v) is 8.02. The lowest BCUT2D eigenvalue weighted by atomic mass is 9.97. The highest BCUT2D eigenvalue weighted by Crippen LogP contribution is 2.55. The molecule has 0 aliphatic carbocycles. The van der Waals surface area contributed by atoms with Crippen molar-refractivity contribution in [2.75, 3.05) is 7.11 Å². The molecule has 0 amide bonds. The van der Waals surface area contributed by atoms with Crippen LogP contribution in [0.3, 0.4) is 0 Å². The van der Waals surface area contributed by atoms with Crippen LogP contribution >= 0.6 is 0 Å². The van der Waals surface area contributed by atoms with Gasteiger partial charge in [0.1, 0.15) is 16.9 Å². The van der Waals surface area contributed by atoms with Crippen molar-refractivity contribution >= 4 is 76.9 Å². The first kappa shape index (κ1) is 28.7. The zero-order valence-corrected chi connectivity index (χ0v) is 27.4. The summed E-state index contributed by atoms with van der Waals surface area (Å²) in [6, 6.07) is 47.3. The molecule has 0 atom stereocenters. The molecule has 10 aromatic rings. The normalized spacial score (nSPS) is 11.6. The number of para-hydroxylation sites is 4. The van der Waals surface area contributed by atoms with E-state index < -0.39 is 0 Å². The zero-order chi connectivity index (χ0) is 34.2. The zero-order valence-electron chi connectivity index (χ0n) is 27.4. The molecule has 6 nitrogen and oxygen atoms in total. The highest BCUT2D eigenvalue weighted by Gasteiger charge is 2.32. The van der Waals surface area contributed by atoms with Crippen molar-refractivity contribution in [1.29, 1.82) is 0 Å². The predicted octanol–water partition coefficient (Wildman–Crippen LogP) is 12.6. The number of methoxy groups -OCH3 is 1. The second-order valence-corrected chi connectivity index (χ2v) is 12.5. The smallest absolute Gasteiger partial charge is 0.238 e. The van der Waals surface area contributed by atoms with Gasteiger partial charge in [-0.25, -0.2) is 9.69 Å². The van der Waals surface area contributed by atoms with Gasteiger partial charge in [0.25, 0.3) is 0 Å². The van der Waals surface area contributed by atoms with Gasteiger partial charge < -0.3 is 18.3 Å². The standard InChI is InChI=1S/C45H26N4O2/c1-46-40-38(27-15-5-4-6-16-27)42(43(45(50-3)41(40)47-2)48-33-21-11-7-17-28(33)29-18-8-12-22-34(29)48)49-35-23-13-9-20-32(35)39-36(49)26-25-31-30-19-10-14-24-37(30)51-44(31)39/h4-26H,3H3. The summed E-state index contributed by atoms with van der Waals surface area (Å²) < 4.78 is 17.4. The maximum atomic E-state index is 8.57. The molecular weight excluding hydrogens is 629 g/mol. The van der Waals surface area contributed by atoms with Crippen LogP contribution in [0.25, 0.3) is 97.7 Å². The number of benzene rings is 7. The van der Waals surface area contributed by atoms with Crippen LogP contribution in [0, 0.1) is 13.1 Å². The highest BCUT2D eigenvalue weighted by atomic mass is 16.5. The van der Waals surface area contributed by atoms with Crippen LogP contribution in [0.5, 0.6) is 5.75 Å². The monoisotopic (exact) mass is 654 g/mol. The predicted molar refractivity (Wildman–Crippen MR) is 207 cm³/mol. The summed E-state index contributed by atoms with van der Waals surface area (Å²) in [5.41, 5.74) is 8.71. The van der Waals surface area contributed by atoms with E-state index in [1.165, 1.54) is 0 Å². The molecule has 0 N–H and O–H groups in total. The quantitative estimate of drug-likeness (QED) is 0.177. The Bertz CT molecular complexity index is 3100. The summed E-state index contributed by atoms with van der Waals surface area (Å²) in [6.45, 7) is 17.0. The van der Waals surface area contributed by atoms with Crippen LogP contribution in [0.2, 0.25) is 0 Å². The number of nitrogens with zero attached hydrogens (tertiary/aromatic N) is 4. The second-order valence-electron chi connectivity index (χ2n) is 12.5. The fraction of sp³-hybridized carbons (Fsp3) is 0.0222. The van der Waals surface area contributed by atoms with E-state index >= 15 is 0 Å². The van der Waals surface area contributed by atoms with Gasteiger partial charge in [-0.15, -0.1) is 0 Å². The van der Waals surface area contributed by atoms with Gasteiger partial charge in [0.05, 0.1) is 59.1 Å². The van der Waals surface area contributed by atoms with E-state index in [1.54, 1.807) is 7.11 Å². The average molecular weight is 655 g/mol. The lowest BCUT2D eigenvalue weighted by molar-refractivity contribution is 0.416. The molecule has 0 unspecified atom stereocenters. The van der Waals surface area contributed by atoms with E-state index in [0.717, 1.165) is 76.8 Å². The van der Waals surface area contributed by atoms with Gasteiger partial charge in [0, 0.05) is 32.5 Å². The van der Waals surface area contributed by atoms with Crippen molar-refractivity contribution in [3.63, 3.8) is 0 Å². The summed E-state index contributed by atoms with van der Waals surface area (Å²) in [4.78, 5) is 8.11. The third kappa shape index (κ3) is 3.85. The third-order valence-electron chi connectivity index (χ3n) is 10.0. The Morgan fingerprint density at radius 1 is 0.510 bits per heavy atom. The second kappa shape index (κ2) is 10.9. The van der Waals surface area contributed by atoms with E-state index in [-0.39, 0.29) is 11.4 Å². The van der Waals surface area contributed by atoms with Crippen molar-refractivity contribution in [3.8, 4) is 28.3 Å². The minimum atomic E-state index is 0.174. The summed E-state index contributed by atoms with van der Waals surface area (Å²) in [5.74, 6) is 0.341. The third-order valence-corrected chi connectivity index (χ3v) is 10.0. The first-order valence-electron chi connectivity index (χ1n) is 16.6. The van der Waals surface area contributed by atoms with E-state index in [1.807, 2.05) is 84.9 Å². The number of hydrogen-bond donors (Lipinski definition) is 0. The molecule has 0 saturated carbocycles. The molecule has 6 heteroatoms. The average Bonchev–Trinajstić information content (AvgIpc) is 3.84. The lowest BCUT2D eigenvalue weighted by Crippen LogP contribution is -2.08. The number of fused-ring (bicyclic) bond motifs is 10. The number of ether oxygens (including phenoxy) is 1. The Kier molecular flexibility index (Phi) is 6.12. The Balaban J connectivity index is 1.52. The molecule has 0 radical (unpaired) electrons. The molecule has 238 valence electrons. The van der Waals surface area contributed by atoms with E-state index in [9.17, 15) is 0 Å². The SMILES string of the molecule is [C-]#[N+]c1c([N+]#[C-])c(-c2ccccc2)c(-n2c3ccccc3c3c4oc5ccccc5c4ccc32)c(-n2c3ccccc3c3ccccc32)c1OC. The first-order valence-corrected chi connectivity index (χ1v) is 16.6. The largest absolute Gasteiger partial charge is 0.507 e. The van der Waals surface area contributed by atoms with Crippen molar-refractivity contribution < 1.29 is 9.15 Å². The van der Waals surface area contributed by atoms with Crippen LogP contribution in [-0.2, 0) is 0 Å². The topological polar surface area (TPSA) is 41.0 Å². The van der Waals surface area contributed by atoms with Crippen molar-refractivity contribution in [2.24, 2.45) is 0 Å². The molecule has 0 spiro atoms. The lowest BCUT2D eigenvalue weighted by Gasteiger charge is -2.25. The van der Waals surface area contributed by atoms with Crippen LogP contribution < -0.4 is 4.74 Å². The van der Waals surface area contributed by atoms with Gasteiger partial charge in [-0.2, -0.15) is 0 Å². The molecule has 51 heavy (non-hydrogen) atoms. The molecule has 0 aliphatic heterocycles. The number of rotatable bonds is 4. The van der Waals surface area contributed by atoms with Crippen LogP contribution in [-0.4, -0.2) is 16.2 Å². The minimum Gasteiger partial charge on any atom is -0.507 e. The minimum absolute atomic E-state index is 0.174. The Morgan fingerprint density at radius 3 is 1.71 bits per heavy atom. The fourth-order valence-electron chi connectivity index (χ4n) is 8.02. The summed E-state index contributed by atoms with van der Waals surface area (Å²) in [5, 5.41) is 6.24. The van der Waals surface area contributed by atoms with Gasteiger partial charge >= 0.3 is 0 Å². The molecule has 10 rings (SSSR count). The van der Waals surface area contributed by atoms with Crippen molar-refractivity contribution in [1.82, 2.24) is 9.13 Å². The van der Waals surface area contributed by atoms with Crippen LogP contribution in [0.4, 0.5) is 11.4 Å². The maximum Gasteiger partial charge on any atom is 0.238 e. The first-order chi connectivity index (χ1) is 25.2. The molecule has 0 saturated heterocycles. The van der Waals surface area contributed by atoms with E-state index in [0.29, 0.717) is 17.0 Å². The Hall–Kier alpha value is -7.28. The molecule has 0 aliphatic rings. The van der Waals surface area contributed by atoms with E-state index in [2.05, 4.69) is 73.4 Å². The Labute approximate surface area is 292 Å². The van der Waals surface area contributed by atoms with Crippen molar-refractivity contribution in [2.45, 2.75) is 0 Å². The summed E-state index contributed by atoms with van der Waals surface area (Å²) in [6.07, 6.45) is 0. The number of furan rings is 1. The number of hydrogen-bond acceptors (Lipinski definition) is 2. The summed E-state index contributed by atoms with van der Waals surface area (Å²) in [7, 11) is 1.59. The van der Waals surface area contributed by atoms with Gasteiger partial charge in [-0.3, -0.25) is 0 Å². The van der Waals surface area contributed by atoms with Gasteiger partial charge in [-0.1, -0.05) is 103 Å². The molecule has 3 aromatic heterocycles. The molecular formula is C45H26N4O2. The highest BCUT2D eigenvalue weighted by molar-refractivity contribution is 6.24. The van der Waals surface area contributed by atoms with Gasteiger partial charge in [0.15, 0.2) is 0 Å². The molecule has 3 heterocycles. The van der Waals surface area contributed by atoms with Gasteiger partial charge in [-0.05, 0) is 42.0 Å². The molecule has 7 aromatic carbocycles. The van der Waals surface area contributed by atoms with E-state index in [4.69, 9.17) is 22.3 Å². The van der Waals surface area contributed by atoms with Crippen molar-refractivity contribution in [3.05, 3.63) is 162 Å². The Morgan fingerprint density at radius 2 is 1.06 bits per heavy atom. The maximum absolute atomic E-state index is 8.57. The summed E-state index contributed by atoms with van der Waals surface area (Å²) >= 11 is 0. The molecule has 0 bridgehead atoms. The van der Waals surface area contributed by atoms with Crippen LogP contribution in [0.15, 0.2) is 144 Å². The number of aromatic nitrogens is 2. The van der Waals surface area contributed by atoms with Crippen LogP contribution in [0.1, 0.15) is 0 Å².